The first-order valence-electron chi connectivity index (χ1n) is 9.18. The third kappa shape index (κ3) is 3.58. The Balaban J connectivity index is 1.55. The van der Waals surface area contributed by atoms with Crippen LogP contribution in [0, 0.1) is 0 Å². The first kappa shape index (κ1) is 16.2. The molecule has 3 nitrogen and oxygen atoms in total. The van der Waals surface area contributed by atoms with Crippen LogP contribution in [0.15, 0.2) is 60.8 Å². The van der Waals surface area contributed by atoms with E-state index in [9.17, 15) is 0 Å². The third-order valence-corrected chi connectivity index (χ3v) is 5.22. The molecule has 0 spiro atoms. The normalized spacial score (nSPS) is 16.4. The Morgan fingerprint density at radius 3 is 2.52 bits per heavy atom. The first-order chi connectivity index (χ1) is 12.3. The SMILES string of the molecule is CNC(CN1CCCC1)c1ccc(-c2cnc3ccccc3c2)cc1. The van der Waals surface area contributed by atoms with E-state index in [0.29, 0.717) is 6.04 Å². The molecule has 1 unspecified atom stereocenters. The molecule has 1 aliphatic heterocycles. The largest absolute Gasteiger partial charge is 0.312 e. The van der Waals surface area contributed by atoms with E-state index in [2.05, 4.69) is 70.8 Å². The van der Waals surface area contributed by atoms with Gasteiger partial charge in [0.15, 0.2) is 0 Å². The fourth-order valence-electron chi connectivity index (χ4n) is 3.72. The van der Waals surface area contributed by atoms with Gasteiger partial charge in [0.25, 0.3) is 0 Å². The van der Waals surface area contributed by atoms with E-state index in [1.54, 1.807) is 0 Å². The summed E-state index contributed by atoms with van der Waals surface area (Å²) in [5.41, 5.74) is 4.79. The average molecular weight is 331 g/mol. The van der Waals surface area contributed by atoms with Crippen LogP contribution in [0.5, 0.6) is 0 Å². The van der Waals surface area contributed by atoms with Crippen molar-refractivity contribution in [3.8, 4) is 11.1 Å². The van der Waals surface area contributed by atoms with Crippen molar-refractivity contribution in [2.24, 2.45) is 0 Å². The van der Waals surface area contributed by atoms with E-state index in [4.69, 9.17) is 0 Å². The Hall–Kier alpha value is -2.23. The van der Waals surface area contributed by atoms with Crippen LogP contribution in [-0.2, 0) is 0 Å². The van der Waals surface area contributed by atoms with E-state index in [1.165, 1.54) is 48.0 Å². The summed E-state index contributed by atoms with van der Waals surface area (Å²) in [6.45, 7) is 3.56. The summed E-state index contributed by atoms with van der Waals surface area (Å²) < 4.78 is 0. The lowest BCUT2D eigenvalue weighted by molar-refractivity contribution is 0.299. The van der Waals surface area contributed by atoms with Crippen LogP contribution in [-0.4, -0.2) is 36.6 Å². The Bertz CT molecular complexity index is 835. The van der Waals surface area contributed by atoms with E-state index in [1.807, 2.05) is 12.3 Å². The Morgan fingerprint density at radius 1 is 1.00 bits per heavy atom. The van der Waals surface area contributed by atoms with Crippen LogP contribution in [0.3, 0.4) is 0 Å². The molecule has 2 heterocycles. The monoisotopic (exact) mass is 331 g/mol. The average Bonchev–Trinajstić information content (AvgIpc) is 3.19. The van der Waals surface area contributed by atoms with Gasteiger partial charge in [0, 0.05) is 29.7 Å². The van der Waals surface area contributed by atoms with Gasteiger partial charge in [-0.3, -0.25) is 4.98 Å². The number of para-hydroxylation sites is 1. The zero-order chi connectivity index (χ0) is 17.1. The van der Waals surface area contributed by atoms with Gasteiger partial charge in [0.2, 0.25) is 0 Å². The van der Waals surface area contributed by atoms with Crippen LogP contribution in [0.2, 0.25) is 0 Å². The highest BCUT2D eigenvalue weighted by Gasteiger charge is 2.17. The fourth-order valence-corrected chi connectivity index (χ4v) is 3.72. The van der Waals surface area contributed by atoms with Gasteiger partial charge in [-0.1, -0.05) is 42.5 Å². The molecule has 1 saturated heterocycles. The van der Waals surface area contributed by atoms with Crippen molar-refractivity contribution in [3.63, 3.8) is 0 Å². The van der Waals surface area contributed by atoms with E-state index < -0.39 is 0 Å². The number of fused-ring (bicyclic) bond motifs is 1. The highest BCUT2D eigenvalue weighted by Crippen LogP contribution is 2.25. The predicted octanol–water partition coefficient (Wildman–Crippen LogP) is 4.26. The summed E-state index contributed by atoms with van der Waals surface area (Å²) in [7, 11) is 2.06. The van der Waals surface area contributed by atoms with Crippen LogP contribution in [0.4, 0.5) is 0 Å². The topological polar surface area (TPSA) is 28.2 Å². The van der Waals surface area contributed by atoms with Crippen molar-refractivity contribution in [2.45, 2.75) is 18.9 Å². The zero-order valence-electron chi connectivity index (χ0n) is 14.8. The van der Waals surface area contributed by atoms with Crippen molar-refractivity contribution in [1.29, 1.82) is 0 Å². The van der Waals surface area contributed by atoms with Crippen molar-refractivity contribution in [3.05, 3.63) is 66.4 Å². The van der Waals surface area contributed by atoms with Crippen molar-refractivity contribution in [1.82, 2.24) is 15.2 Å². The fraction of sp³-hybridized carbons (Fsp3) is 0.318. The summed E-state index contributed by atoms with van der Waals surface area (Å²) >= 11 is 0. The minimum atomic E-state index is 0.391. The summed E-state index contributed by atoms with van der Waals surface area (Å²) in [6.07, 6.45) is 4.64. The molecule has 1 aliphatic rings. The van der Waals surface area contributed by atoms with Gasteiger partial charge in [0.1, 0.15) is 0 Å². The highest BCUT2D eigenvalue weighted by molar-refractivity contribution is 5.83. The van der Waals surface area contributed by atoms with Gasteiger partial charge < -0.3 is 10.2 Å². The first-order valence-corrected chi connectivity index (χ1v) is 9.18. The standard InChI is InChI=1S/C22H25N3/c1-23-22(16-25-12-4-5-13-25)18-10-8-17(9-11-18)20-14-19-6-2-3-7-21(19)24-15-20/h2-3,6-11,14-15,22-23H,4-5,12-13,16H2,1H3. The van der Waals surface area contributed by atoms with E-state index in [0.717, 1.165) is 12.1 Å². The molecule has 128 valence electrons. The molecule has 3 aromatic rings. The van der Waals surface area contributed by atoms with Crippen LogP contribution < -0.4 is 5.32 Å². The summed E-state index contributed by atoms with van der Waals surface area (Å²) in [4.78, 5) is 7.14. The number of aromatic nitrogens is 1. The second-order valence-electron chi connectivity index (χ2n) is 6.89. The Morgan fingerprint density at radius 2 is 1.76 bits per heavy atom. The molecule has 4 rings (SSSR count). The molecule has 1 fully saturated rings. The number of nitrogens with one attached hydrogen (secondary N) is 1. The molecule has 2 aromatic carbocycles. The second-order valence-corrected chi connectivity index (χ2v) is 6.89. The van der Waals surface area contributed by atoms with E-state index in [-0.39, 0.29) is 0 Å². The number of likely N-dealkylation sites (tertiary alicyclic amines) is 1. The minimum Gasteiger partial charge on any atom is -0.312 e. The maximum Gasteiger partial charge on any atom is 0.0702 e. The Labute approximate surface area is 149 Å². The van der Waals surface area contributed by atoms with Crippen LogP contribution in [0.25, 0.3) is 22.0 Å². The van der Waals surface area contributed by atoms with Crippen molar-refractivity contribution in [2.75, 3.05) is 26.7 Å². The lowest BCUT2D eigenvalue weighted by Gasteiger charge is -2.23. The molecular formula is C22H25N3. The van der Waals surface area contributed by atoms with Gasteiger partial charge in [-0.2, -0.15) is 0 Å². The van der Waals surface area contributed by atoms with Crippen LogP contribution >= 0.6 is 0 Å². The maximum atomic E-state index is 4.58. The summed E-state index contributed by atoms with van der Waals surface area (Å²) in [6, 6.07) is 19.8. The molecule has 0 bridgehead atoms. The van der Waals surface area contributed by atoms with Gasteiger partial charge in [-0.15, -0.1) is 0 Å². The quantitative estimate of drug-likeness (QED) is 0.757. The second kappa shape index (κ2) is 7.34. The molecule has 0 radical (unpaired) electrons. The molecule has 1 atom stereocenters. The molecule has 25 heavy (non-hydrogen) atoms. The number of benzene rings is 2. The number of hydrogen-bond donors (Lipinski definition) is 1. The highest BCUT2D eigenvalue weighted by atomic mass is 15.2. The van der Waals surface area contributed by atoms with Crippen molar-refractivity contribution < 1.29 is 0 Å². The number of nitrogens with zero attached hydrogens (tertiary/aromatic N) is 2. The summed E-state index contributed by atoms with van der Waals surface area (Å²) in [5, 5.41) is 4.66. The Kier molecular flexibility index (Phi) is 4.77. The van der Waals surface area contributed by atoms with Gasteiger partial charge in [-0.05, 0) is 56.2 Å². The van der Waals surface area contributed by atoms with Crippen LogP contribution in [0.1, 0.15) is 24.4 Å². The number of pyridine rings is 1. The van der Waals surface area contributed by atoms with Crippen molar-refractivity contribution >= 4 is 10.9 Å². The zero-order valence-corrected chi connectivity index (χ0v) is 14.8. The van der Waals surface area contributed by atoms with Gasteiger partial charge in [0.05, 0.1) is 5.52 Å². The molecule has 0 amide bonds. The molecule has 3 heteroatoms. The number of hydrogen-bond acceptors (Lipinski definition) is 3. The number of rotatable bonds is 5. The minimum absolute atomic E-state index is 0.391. The molecule has 1 aromatic heterocycles. The van der Waals surface area contributed by atoms with Gasteiger partial charge in [-0.25, -0.2) is 0 Å². The maximum absolute atomic E-state index is 4.58. The summed E-state index contributed by atoms with van der Waals surface area (Å²) in [5.74, 6) is 0. The van der Waals surface area contributed by atoms with Gasteiger partial charge >= 0.3 is 0 Å². The van der Waals surface area contributed by atoms with E-state index >= 15 is 0 Å². The third-order valence-electron chi connectivity index (χ3n) is 5.22. The lowest BCUT2D eigenvalue weighted by atomic mass is 10.0. The molecular weight excluding hydrogens is 306 g/mol. The molecule has 1 N–H and O–H groups in total. The molecule has 0 aliphatic carbocycles. The predicted molar refractivity (Wildman–Crippen MR) is 105 cm³/mol. The molecule has 0 saturated carbocycles. The lowest BCUT2D eigenvalue weighted by Crippen LogP contribution is -2.31. The smallest absolute Gasteiger partial charge is 0.0702 e. The number of likely N-dealkylation sites (N-methyl/N-ethyl adjacent to an activating group) is 1.